The van der Waals surface area contributed by atoms with E-state index in [1.165, 1.54) is 0 Å². The quantitative estimate of drug-likeness (QED) is 0.893. The zero-order valence-electron chi connectivity index (χ0n) is 10.4. The minimum atomic E-state index is -4.59. The van der Waals surface area contributed by atoms with Crippen LogP contribution in [0.2, 0.25) is 0 Å². The largest absolute Gasteiger partial charge is 0.417 e. The SMILES string of the molecule is O=C(CC1CCCO1)Nc1cc(C(F)(F)F)c[nH]c1=O. The van der Waals surface area contributed by atoms with E-state index >= 15 is 0 Å². The number of ether oxygens (including phenoxy) is 1. The third kappa shape index (κ3) is 3.60. The third-order valence-electron chi connectivity index (χ3n) is 2.94. The van der Waals surface area contributed by atoms with Crippen molar-refractivity contribution in [3.63, 3.8) is 0 Å². The molecule has 1 fully saturated rings. The lowest BCUT2D eigenvalue weighted by molar-refractivity contribution is -0.137. The van der Waals surface area contributed by atoms with E-state index in [1.807, 2.05) is 4.98 Å². The number of aromatic amines is 1. The molecule has 0 aromatic carbocycles. The number of halogens is 3. The summed E-state index contributed by atoms with van der Waals surface area (Å²) in [4.78, 5) is 25.0. The molecule has 20 heavy (non-hydrogen) atoms. The monoisotopic (exact) mass is 290 g/mol. The maximum Gasteiger partial charge on any atom is 0.417 e. The van der Waals surface area contributed by atoms with Crippen LogP contribution in [0.25, 0.3) is 0 Å². The molecule has 1 atom stereocenters. The number of alkyl halides is 3. The van der Waals surface area contributed by atoms with Gasteiger partial charge in [0, 0.05) is 12.8 Å². The van der Waals surface area contributed by atoms with Crippen molar-refractivity contribution in [3.8, 4) is 0 Å². The lowest BCUT2D eigenvalue weighted by Crippen LogP contribution is -2.24. The molecule has 0 radical (unpaired) electrons. The number of pyridine rings is 1. The molecular formula is C12H13F3N2O3. The van der Waals surface area contributed by atoms with E-state index in [-0.39, 0.29) is 12.5 Å². The van der Waals surface area contributed by atoms with Crippen molar-refractivity contribution in [3.05, 3.63) is 28.2 Å². The second kappa shape index (κ2) is 5.66. The number of carbonyl (C=O) groups excluding carboxylic acids is 1. The first-order valence-electron chi connectivity index (χ1n) is 6.07. The average Bonchev–Trinajstić information content (AvgIpc) is 2.83. The van der Waals surface area contributed by atoms with E-state index in [9.17, 15) is 22.8 Å². The van der Waals surface area contributed by atoms with Crippen LogP contribution in [-0.2, 0) is 15.7 Å². The highest BCUT2D eigenvalue weighted by molar-refractivity contribution is 5.90. The smallest absolute Gasteiger partial charge is 0.378 e. The summed E-state index contributed by atoms with van der Waals surface area (Å²) in [6, 6.07) is 0.617. The van der Waals surface area contributed by atoms with Crippen LogP contribution >= 0.6 is 0 Å². The molecule has 1 aromatic rings. The number of hydrogen-bond donors (Lipinski definition) is 2. The summed E-state index contributed by atoms with van der Waals surface area (Å²) in [7, 11) is 0. The highest BCUT2D eigenvalue weighted by Gasteiger charge is 2.31. The molecular weight excluding hydrogens is 277 g/mol. The number of rotatable bonds is 3. The Kier molecular flexibility index (Phi) is 4.12. The summed E-state index contributed by atoms with van der Waals surface area (Å²) in [5, 5.41) is 2.19. The predicted octanol–water partition coefficient (Wildman–Crippen LogP) is 1.90. The minimum Gasteiger partial charge on any atom is -0.378 e. The molecule has 0 saturated carbocycles. The minimum absolute atomic E-state index is 0.0235. The van der Waals surface area contributed by atoms with Gasteiger partial charge in [-0.3, -0.25) is 9.59 Å². The Balaban J connectivity index is 2.08. The van der Waals surface area contributed by atoms with Gasteiger partial charge in [-0.2, -0.15) is 13.2 Å². The fraction of sp³-hybridized carbons (Fsp3) is 0.500. The Morgan fingerprint density at radius 1 is 1.50 bits per heavy atom. The summed E-state index contributed by atoms with van der Waals surface area (Å²) >= 11 is 0. The summed E-state index contributed by atoms with van der Waals surface area (Å²) in [6.45, 7) is 0.572. The Bertz CT molecular complexity index is 548. The topological polar surface area (TPSA) is 71.2 Å². The first kappa shape index (κ1) is 14.6. The van der Waals surface area contributed by atoms with Crippen molar-refractivity contribution in [1.29, 1.82) is 0 Å². The normalized spacial score (nSPS) is 19.1. The van der Waals surface area contributed by atoms with Crippen molar-refractivity contribution in [2.75, 3.05) is 11.9 Å². The van der Waals surface area contributed by atoms with Gasteiger partial charge in [0.15, 0.2) is 0 Å². The lowest BCUT2D eigenvalue weighted by atomic mass is 10.1. The summed E-state index contributed by atoms with van der Waals surface area (Å²) in [5.74, 6) is -0.540. The second-order valence-corrected chi connectivity index (χ2v) is 4.52. The average molecular weight is 290 g/mol. The van der Waals surface area contributed by atoms with E-state index in [1.54, 1.807) is 0 Å². The number of H-pyrrole nitrogens is 1. The zero-order valence-corrected chi connectivity index (χ0v) is 10.4. The second-order valence-electron chi connectivity index (χ2n) is 4.52. The van der Waals surface area contributed by atoms with Gasteiger partial charge >= 0.3 is 6.18 Å². The molecule has 1 unspecified atom stereocenters. The number of carbonyl (C=O) groups is 1. The fourth-order valence-electron chi connectivity index (χ4n) is 1.95. The van der Waals surface area contributed by atoms with Crippen LogP contribution in [0.3, 0.4) is 0 Å². The van der Waals surface area contributed by atoms with Gasteiger partial charge in [0.2, 0.25) is 5.91 Å². The lowest BCUT2D eigenvalue weighted by Gasteiger charge is -2.11. The summed E-state index contributed by atoms with van der Waals surface area (Å²) < 4.78 is 42.8. The highest BCUT2D eigenvalue weighted by Crippen LogP contribution is 2.29. The van der Waals surface area contributed by atoms with E-state index in [0.717, 1.165) is 12.8 Å². The highest BCUT2D eigenvalue weighted by atomic mass is 19.4. The van der Waals surface area contributed by atoms with Crippen LogP contribution in [0, 0.1) is 0 Å². The van der Waals surface area contributed by atoms with Crippen LogP contribution in [-0.4, -0.2) is 23.6 Å². The molecule has 2 heterocycles. The van der Waals surface area contributed by atoms with Gasteiger partial charge in [-0.15, -0.1) is 0 Å². The molecule has 0 spiro atoms. The van der Waals surface area contributed by atoms with Crippen molar-refractivity contribution in [2.45, 2.75) is 31.5 Å². The number of aromatic nitrogens is 1. The number of nitrogens with one attached hydrogen (secondary N) is 2. The van der Waals surface area contributed by atoms with Gasteiger partial charge in [0.1, 0.15) is 5.69 Å². The zero-order chi connectivity index (χ0) is 14.8. The maximum absolute atomic E-state index is 12.5. The Hall–Kier alpha value is -1.83. The molecule has 2 N–H and O–H groups in total. The molecule has 110 valence electrons. The molecule has 1 amide bonds. The molecule has 0 bridgehead atoms. The van der Waals surface area contributed by atoms with Gasteiger partial charge in [-0.1, -0.05) is 0 Å². The molecule has 1 aliphatic heterocycles. The Morgan fingerprint density at radius 2 is 2.25 bits per heavy atom. The number of hydrogen-bond acceptors (Lipinski definition) is 3. The molecule has 1 aliphatic rings. The van der Waals surface area contributed by atoms with Gasteiger partial charge in [0.05, 0.1) is 18.1 Å². The van der Waals surface area contributed by atoms with Crippen LogP contribution < -0.4 is 10.9 Å². The van der Waals surface area contributed by atoms with E-state index in [2.05, 4.69) is 5.32 Å². The van der Waals surface area contributed by atoms with Crippen molar-refractivity contribution >= 4 is 11.6 Å². The van der Waals surface area contributed by atoms with E-state index in [0.29, 0.717) is 18.9 Å². The Labute approximate surface area is 112 Å². The molecule has 1 aromatic heterocycles. The Morgan fingerprint density at radius 3 is 2.85 bits per heavy atom. The van der Waals surface area contributed by atoms with E-state index in [4.69, 9.17) is 4.74 Å². The first-order valence-corrected chi connectivity index (χ1v) is 6.07. The van der Waals surface area contributed by atoms with Gasteiger partial charge in [-0.05, 0) is 18.9 Å². The fourth-order valence-corrected chi connectivity index (χ4v) is 1.95. The molecule has 8 heteroatoms. The maximum atomic E-state index is 12.5. The number of anilines is 1. The van der Waals surface area contributed by atoms with Crippen LogP contribution in [0.15, 0.2) is 17.1 Å². The van der Waals surface area contributed by atoms with Crippen molar-refractivity contribution in [2.24, 2.45) is 0 Å². The van der Waals surface area contributed by atoms with Crippen molar-refractivity contribution < 1.29 is 22.7 Å². The van der Waals surface area contributed by atoms with Crippen LogP contribution in [0.1, 0.15) is 24.8 Å². The van der Waals surface area contributed by atoms with E-state index < -0.39 is 28.9 Å². The first-order chi connectivity index (χ1) is 9.36. The summed E-state index contributed by atoms with van der Waals surface area (Å²) in [5.41, 5.74) is -2.22. The standard InChI is InChI=1S/C12H13F3N2O3/c13-12(14,15)7-4-9(11(19)16-6-7)17-10(18)5-8-2-1-3-20-8/h4,6,8H,1-3,5H2,(H,16,19)(H,17,18). The molecule has 5 nitrogen and oxygen atoms in total. The van der Waals surface area contributed by atoms with Crippen molar-refractivity contribution in [1.82, 2.24) is 4.98 Å². The third-order valence-corrected chi connectivity index (χ3v) is 2.94. The predicted molar refractivity (Wildman–Crippen MR) is 64.3 cm³/mol. The number of amides is 1. The van der Waals surface area contributed by atoms with Crippen LogP contribution in [0.5, 0.6) is 0 Å². The summed E-state index contributed by atoms with van der Waals surface area (Å²) in [6.07, 6.45) is -2.65. The van der Waals surface area contributed by atoms with Gasteiger partial charge < -0.3 is 15.0 Å². The van der Waals surface area contributed by atoms with Gasteiger partial charge in [-0.25, -0.2) is 0 Å². The molecule has 2 rings (SSSR count). The molecule has 0 aliphatic carbocycles. The van der Waals surface area contributed by atoms with Crippen LogP contribution in [0.4, 0.5) is 18.9 Å². The molecule has 1 saturated heterocycles. The van der Waals surface area contributed by atoms with Gasteiger partial charge in [0.25, 0.3) is 5.56 Å².